The third kappa shape index (κ3) is 30.0. The van der Waals surface area contributed by atoms with Crippen LogP contribution in [-0.2, 0) is 24.0 Å². The number of aromatic nitrogens is 13. The lowest BCUT2D eigenvalue weighted by molar-refractivity contribution is -0.129. The number of methoxy groups -OCH3 is 6. The van der Waals surface area contributed by atoms with Crippen LogP contribution in [0, 0.1) is 23.3 Å². The maximum absolute atomic E-state index is 14.3. The van der Waals surface area contributed by atoms with E-state index in [0.29, 0.717) is 151 Å². The lowest BCUT2D eigenvalue weighted by Crippen LogP contribution is -2.44. The molecule has 12 aromatic rings. The standard InChI is InChI=1S/C21H19FN6O3.C20H20N6O3.2C19H22FN5O2.C18H20FN5O3/c1-3-19(29)28-8-9-31-17-6-4-13(10-16(17)28)25-20-15(22)12-24-21(27-20)26-14-5-7-18(30-2)23-11-14;1-4-17(27)23-13-6-5-7-14(10-13)24-19-16(28-2)12-22-20(26-19)25-15-8-9-18(29-3)21-11-15;2*1-3-17(26)25-9-5-7-14(12-25)22-18-16(20)11-21-19(24-18)23-13-6-4-8-15(10-13)27-2;1-3-16(25)24-8-4-5-13(11-24)27-17-14(19)10-21-18(23-17)22-12-6-7-15(26-2)20-9-12/h3-7,10-12H,1,8-9H2,2H3,(H2,24,25,26,27);4-12H,1H2,2-3H3,(H,23,27)(H2,22,24,25,26);2*3-4,6,8,10-11,14H,1,5,7,9,12H2,2H3,(H2,21,22,23,24);3,6-7,9-10,13H,1,4-5,8,11H2,2H3,(H,21,22,23)/t;;2*14-;13-/m..100/s1. The lowest BCUT2D eigenvalue weighted by Gasteiger charge is -2.32. The molecule has 732 valence electrons. The number of nitrogens with zero attached hydrogens (tertiary/aromatic N) is 17. The summed E-state index contributed by atoms with van der Waals surface area (Å²) < 4.78 is 98.8. The highest BCUT2D eigenvalue weighted by molar-refractivity contribution is 6.03. The molecule has 4 aromatic carbocycles. The minimum atomic E-state index is -0.666. The Hall–Kier alpha value is -17.9. The minimum absolute atomic E-state index is 0.0303. The average molecular weight is 1930 g/mol. The molecule has 10 N–H and O–H groups in total. The summed E-state index contributed by atoms with van der Waals surface area (Å²) >= 11 is 0. The van der Waals surface area contributed by atoms with Crippen molar-refractivity contribution in [3.63, 3.8) is 0 Å². The van der Waals surface area contributed by atoms with E-state index in [1.54, 1.807) is 151 Å². The van der Waals surface area contributed by atoms with Gasteiger partial charge in [0.1, 0.15) is 30.0 Å². The third-order valence-corrected chi connectivity index (χ3v) is 20.9. The summed E-state index contributed by atoms with van der Waals surface area (Å²) in [6.45, 7) is 21.6. The van der Waals surface area contributed by atoms with E-state index in [1.165, 1.54) is 51.7 Å². The van der Waals surface area contributed by atoms with Crippen LogP contribution in [0.25, 0.3) is 0 Å². The Morgan fingerprint density at radius 3 is 1.24 bits per heavy atom. The zero-order chi connectivity index (χ0) is 100. The summed E-state index contributed by atoms with van der Waals surface area (Å²) in [5, 5.41) is 30.0. The first-order chi connectivity index (χ1) is 68.4. The molecule has 3 fully saturated rings. The monoisotopic (exact) mass is 1930 g/mol. The molecule has 40 nitrogen and oxygen atoms in total. The van der Waals surface area contributed by atoms with Gasteiger partial charge in [0.25, 0.3) is 11.8 Å². The van der Waals surface area contributed by atoms with Crippen LogP contribution in [0.15, 0.2) is 240 Å². The van der Waals surface area contributed by atoms with Crippen LogP contribution in [0.3, 0.4) is 0 Å². The molecule has 44 heteroatoms. The van der Waals surface area contributed by atoms with Gasteiger partial charge in [0, 0.05) is 104 Å². The van der Waals surface area contributed by atoms with Crippen LogP contribution in [0.4, 0.5) is 122 Å². The molecule has 141 heavy (non-hydrogen) atoms. The quantitative estimate of drug-likeness (QED) is 0.0138. The van der Waals surface area contributed by atoms with Gasteiger partial charge in [0.2, 0.25) is 76.8 Å². The largest absolute Gasteiger partial charge is 0.497 e. The number of pyridine rings is 3. The number of amides is 5. The molecule has 3 atom stereocenters. The number of hydrogen-bond donors (Lipinski definition) is 10. The van der Waals surface area contributed by atoms with Crippen LogP contribution >= 0.6 is 0 Å². The summed E-state index contributed by atoms with van der Waals surface area (Å²) in [5.41, 5.74) is 5.82. The molecule has 4 aliphatic heterocycles. The molecule has 4 aliphatic rings. The Morgan fingerprint density at radius 2 is 0.780 bits per heavy atom. The Bertz CT molecular complexity index is 6210. The van der Waals surface area contributed by atoms with Crippen molar-refractivity contribution in [2.75, 3.05) is 153 Å². The molecule has 0 saturated carbocycles. The maximum Gasteiger partial charge on any atom is 0.255 e. The van der Waals surface area contributed by atoms with Crippen molar-refractivity contribution in [2.24, 2.45) is 0 Å². The van der Waals surface area contributed by atoms with Crippen LogP contribution in [0.5, 0.6) is 46.5 Å². The van der Waals surface area contributed by atoms with Crippen molar-refractivity contribution in [3.05, 3.63) is 264 Å². The fourth-order valence-corrected chi connectivity index (χ4v) is 14.0. The van der Waals surface area contributed by atoms with Gasteiger partial charge in [-0.15, -0.1) is 0 Å². The number of carbonyl (C=O) groups is 5. The average Bonchev–Trinajstić information content (AvgIpc) is 0.798. The first-order valence-electron chi connectivity index (χ1n) is 43.8. The van der Waals surface area contributed by atoms with Crippen LogP contribution < -0.4 is 96.0 Å². The number of carbonyl (C=O) groups excluding carboxylic acids is 5. The molecule has 0 radical (unpaired) electrons. The van der Waals surface area contributed by atoms with Gasteiger partial charge in [0.15, 0.2) is 46.5 Å². The summed E-state index contributed by atoms with van der Waals surface area (Å²) in [6.07, 6.45) is 21.3. The topological polar surface area (TPSA) is 460 Å². The highest BCUT2D eigenvalue weighted by atomic mass is 19.1. The summed E-state index contributed by atoms with van der Waals surface area (Å²) in [7, 11) is 9.30. The molecule has 5 amide bonds. The van der Waals surface area contributed by atoms with E-state index >= 15 is 0 Å². The predicted octanol–water partition coefficient (Wildman–Crippen LogP) is 15.2. The predicted molar refractivity (Wildman–Crippen MR) is 525 cm³/mol. The molecule has 0 bridgehead atoms. The summed E-state index contributed by atoms with van der Waals surface area (Å²) in [5.74, 6) is 2.25. The number of likely N-dealkylation sites (tertiary alicyclic amines) is 3. The number of halogens is 4. The molecule has 12 heterocycles. The van der Waals surface area contributed by atoms with Gasteiger partial charge in [-0.2, -0.15) is 29.3 Å². The van der Waals surface area contributed by atoms with E-state index in [4.69, 9.17) is 37.9 Å². The highest BCUT2D eigenvalue weighted by Gasteiger charge is 2.30. The number of benzene rings is 4. The fourth-order valence-electron chi connectivity index (χ4n) is 14.0. The molecular weight excluding hydrogens is 1830 g/mol. The maximum atomic E-state index is 14.3. The zero-order valence-electron chi connectivity index (χ0n) is 77.7. The molecule has 16 rings (SSSR count). The molecule has 8 aromatic heterocycles. The Labute approximate surface area is 808 Å². The van der Waals surface area contributed by atoms with Gasteiger partial charge >= 0.3 is 0 Å². The number of ether oxygens (including phenoxy) is 8. The zero-order valence-corrected chi connectivity index (χ0v) is 77.7. The second-order valence-corrected chi connectivity index (χ2v) is 30.5. The van der Waals surface area contributed by atoms with Gasteiger partial charge in [-0.1, -0.05) is 51.1 Å². The van der Waals surface area contributed by atoms with Crippen molar-refractivity contribution in [1.82, 2.24) is 79.5 Å². The van der Waals surface area contributed by atoms with Gasteiger partial charge in [-0.25, -0.2) is 53.0 Å². The van der Waals surface area contributed by atoms with Crippen molar-refractivity contribution < 1.29 is 79.4 Å². The van der Waals surface area contributed by atoms with Gasteiger partial charge in [0.05, 0.1) is 128 Å². The van der Waals surface area contributed by atoms with Crippen molar-refractivity contribution >= 4 is 134 Å². The lowest BCUT2D eigenvalue weighted by atomic mass is 10.1. The molecule has 0 spiro atoms. The smallest absolute Gasteiger partial charge is 0.255 e. The van der Waals surface area contributed by atoms with Gasteiger partial charge in [-0.05, 0) is 148 Å². The van der Waals surface area contributed by atoms with E-state index in [2.05, 4.69) is 151 Å². The number of fused-ring (bicyclic) bond motifs is 1. The first-order valence-corrected chi connectivity index (χ1v) is 43.8. The Kier molecular flexibility index (Phi) is 37.0. The second kappa shape index (κ2) is 51.2. The van der Waals surface area contributed by atoms with Crippen molar-refractivity contribution in [1.29, 1.82) is 0 Å². The van der Waals surface area contributed by atoms with E-state index in [0.717, 1.165) is 68.3 Å². The van der Waals surface area contributed by atoms with Crippen LogP contribution in [0.1, 0.15) is 38.5 Å². The summed E-state index contributed by atoms with van der Waals surface area (Å²) in [4.78, 5) is 119. The Morgan fingerprint density at radius 1 is 0.376 bits per heavy atom. The second-order valence-electron chi connectivity index (χ2n) is 30.5. The van der Waals surface area contributed by atoms with E-state index in [-0.39, 0.29) is 94.9 Å². The normalized spacial score (nSPS) is 14.3. The first kappa shape index (κ1) is 102. The van der Waals surface area contributed by atoms with Crippen LogP contribution in [0.2, 0.25) is 0 Å². The summed E-state index contributed by atoms with van der Waals surface area (Å²) in [6, 6.07) is 37.0. The fraction of sp³-hybridized carbons (Fsp3) is 0.237. The number of rotatable bonds is 32. The molecule has 0 aliphatic carbocycles. The van der Waals surface area contributed by atoms with E-state index in [1.807, 2.05) is 42.5 Å². The van der Waals surface area contributed by atoms with Gasteiger partial charge in [-0.3, -0.25) is 24.0 Å². The molecule has 3 saturated heterocycles. The van der Waals surface area contributed by atoms with E-state index < -0.39 is 23.3 Å². The van der Waals surface area contributed by atoms with Crippen molar-refractivity contribution in [2.45, 2.75) is 56.7 Å². The minimum Gasteiger partial charge on any atom is -0.497 e. The molecule has 0 unspecified atom stereocenters. The SMILES string of the molecule is C=CC(=O)N1CCC[C@@H](Nc2nc(Nc3cccc(OC)c3)ncc2F)C1.C=CC(=O)N1CCC[C@H](Nc2nc(Nc3cccc(OC)c3)ncc2F)C1.C=CC(=O)N1CCC[C@H](Oc2nc(Nc3ccc(OC)nc3)ncc2F)C1.C=CC(=O)N1CCOc2ccc(Nc3nc(Nc4ccc(OC)nc4)ncc3F)cc21.C=CC(=O)Nc1cccc(Nc2nc(Nc3ccc(OC)nc3)ncc2OC)c1. The van der Waals surface area contributed by atoms with Crippen molar-refractivity contribution in [3.8, 4) is 46.5 Å². The van der Waals surface area contributed by atoms with E-state index in [9.17, 15) is 41.5 Å². The number of piperidine rings is 3. The van der Waals surface area contributed by atoms with Gasteiger partial charge < -0.3 is 111 Å². The third-order valence-electron chi connectivity index (χ3n) is 20.9. The highest BCUT2D eigenvalue weighted by Crippen LogP contribution is 2.37. The number of anilines is 18. The van der Waals surface area contributed by atoms with Crippen LogP contribution in [-0.4, -0.2) is 222 Å². The molecular formula is C97H103F4N27O13. The number of nitrogens with one attached hydrogen (secondary N) is 10. The number of hydrogen-bond acceptors (Lipinski definition) is 35. The Balaban J connectivity index is 0.000000158.